The highest BCUT2D eigenvalue weighted by molar-refractivity contribution is 7.11. The van der Waals surface area contributed by atoms with Crippen LogP contribution in [0.4, 0.5) is 0 Å². The first-order valence-electron chi connectivity index (χ1n) is 8.53. The lowest BCUT2D eigenvalue weighted by Gasteiger charge is -2.28. The molecular formula is C19H26N4S. The van der Waals surface area contributed by atoms with Crippen LogP contribution < -0.4 is 10.6 Å². The second kappa shape index (κ2) is 8.31. The van der Waals surface area contributed by atoms with Crippen molar-refractivity contribution >= 4 is 17.3 Å². The van der Waals surface area contributed by atoms with Crippen LogP contribution in [0.15, 0.2) is 41.4 Å². The molecule has 0 unspecified atom stereocenters. The molecule has 3 rings (SSSR count). The lowest BCUT2D eigenvalue weighted by atomic mass is 10.00. The van der Waals surface area contributed by atoms with Crippen LogP contribution >= 0.6 is 11.3 Å². The van der Waals surface area contributed by atoms with Gasteiger partial charge in [-0.15, -0.1) is 11.3 Å². The molecule has 0 saturated carbocycles. The zero-order chi connectivity index (χ0) is 16.8. The first kappa shape index (κ1) is 17.0. The second-order valence-electron chi connectivity index (χ2n) is 6.16. The Kier molecular flexibility index (Phi) is 5.88. The van der Waals surface area contributed by atoms with Crippen LogP contribution in [0, 0.1) is 6.92 Å². The Morgan fingerprint density at radius 1 is 1.17 bits per heavy atom. The third-order valence-corrected chi connectivity index (χ3v) is 5.38. The van der Waals surface area contributed by atoms with Gasteiger partial charge in [-0.05, 0) is 36.6 Å². The zero-order valence-corrected chi connectivity index (χ0v) is 15.3. The van der Waals surface area contributed by atoms with Crippen LogP contribution in [-0.4, -0.2) is 37.5 Å². The fourth-order valence-corrected chi connectivity index (χ4v) is 3.88. The largest absolute Gasteiger partial charge is 0.355 e. The van der Waals surface area contributed by atoms with E-state index < -0.39 is 0 Å². The van der Waals surface area contributed by atoms with E-state index in [4.69, 9.17) is 0 Å². The van der Waals surface area contributed by atoms with Crippen molar-refractivity contribution < 1.29 is 0 Å². The Hall–Kier alpha value is -1.85. The number of aliphatic imine (C=N–C) groups is 1. The first-order chi connectivity index (χ1) is 11.7. The minimum Gasteiger partial charge on any atom is -0.355 e. The Balaban J connectivity index is 1.40. The molecule has 0 radical (unpaired) electrons. The van der Waals surface area contributed by atoms with Gasteiger partial charge in [-0.2, -0.15) is 0 Å². The van der Waals surface area contributed by atoms with Crippen LogP contribution in [0.2, 0.25) is 0 Å². The maximum absolute atomic E-state index is 4.31. The van der Waals surface area contributed by atoms with Crippen LogP contribution in [0.5, 0.6) is 0 Å². The number of hydrogen-bond acceptors (Lipinski definition) is 3. The molecule has 0 atom stereocenters. The number of aryl methyl sites for hydroxylation is 1. The molecule has 2 aromatic rings. The van der Waals surface area contributed by atoms with E-state index in [1.807, 2.05) is 18.4 Å². The monoisotopic (exact) mass is 342 g/mol. The van der Waals surface area contributed by atoms with E-state index in [-0.39, 0.29) is 0 Å². The van der Waals surface area contributed by atoms with Gasteiger partial charge in [0.15, 0.2) is 5.96 Å². The Bertz CT molecular complexity index is 692. The highest BCUT2D eigenvalue weighted by atomic mass is 32.1. The van der Waals surface area contributed by atoms with Crippen molar-refractivity contribution in [1.82, 2.24) is 15.5 Å². The number of hydrogen-bond donors (Lipinski definition) is 2. The van der Waals surface area contributed by atoms with Gasteiger partial charge in [-0.3, -0.25) is 9.89 Å². The van der Waals surface area contributed by atoms with Crippen molar-refractivity contribution in [3.05, 3.63) is 57.3 Å². The lowest BCUT2D eigenvalue weighted by Crippen LogP contribution is -2.42. The molecule has 1 aliphatic rings. The standard InChI is InChI=1S/C19H26N4S/c1-15-7-8-18(24-15)13-22-19(20-2)21-10-12-23-11-9-16-5-3-4-6-17(16)14-23/h3-8H,9-14H2,1-2H3,(H2,20,21,22). The molecule has 0 bridgehead atoms. The van der Waals surface area contributed by atoms with Crippen molar-refractivity contribution in [3.8, 4) is 0 Å². The van der Waals surface area contributed by atoms with Crippen LogP contribution in [0.1, 0.15) is 20.9 Å². The van der Waals surface area contributed by atoms with Crippen LogP contribution in [0.25, 0.3) is 0 Å². The third-order valence-electron chi connectivity index (χ3n) is 4.38. The summed E-state index contributed by atoms with van der Waals surface area (Å²) in [6.07, 6.45) is 1.15. The highest BCUT2D eigenvalue weighted by Crippen LogP contribution is 2.17. The summed E-state index contributed by atoms with van der Waals surface area (Å²) in [6.45, 7) is 7.10. The van der Waals surface area contributed by atoms with Crippen molar-refractivity contribution in [2.75, 3.05) is 26.7 Å². The van der Waals surface area contributed by atoms with Gasteiger partial charge in [0.1, 0.15) is 0 Å². The van der Waals surface area contributed by atoms with Gasteiger partial charge in [0.05, 0.1) is 6.54 Å². The van der Waals surface area contributed by atoms with E-state index in [1.54, 1.807) is 0 Å². The number of guanidine groups is 1. The predicted octanol–water partition coefficient (Wildman–Crippen LogP) is 2.78. The van der Waals surface area contributed by atoms with E-state index in [0.717, 1.165) is 45.1 Å². The van der Waals surface area contributed by atoms with E-state index >= 15 is 0 Å². The molecule has 0 aliphatic carbocycles. The maximum atomic E-state index is 4.31. The molecular weight excluding hydrogens is 316 g/mol. The molecule has 0 amide bonds. The summed E-state index contributed by atoms with van der Waals surface area (Å²) in [5, 5.41) is 6.80. The number of nitrogens with zero attached hydrogens (tertiary/aromatic N) is 2. The van der Waals surface area contributed by atoms with Gasteiger partial charge in [0, 0.05) is 43.0 Å². The van der Waals surface area contributed by atoms with Crippen molar-refractivity contribution in [1.29, 1.82) is 0 Å². The molecule has 4 nitrogen and oxygen atoms in total. The summed E-state index contributed by atoms with van der Waals surface area (Å²) < 4.78 is 0. The third kappa shape index (κ3) is 4.58. The Labute approximate surface area is 148 Å². The predicted molar refractivity (Wildman–Crippen MR) is 103 cm³/mol. The summed E-state index contributed by atoms with van der Waals surface area (Å²) in [5.41, 5.74) is 2.98. The van der Waals surface area contributed by atoms with Gasteiger partial charge in [-0.1, -0.05) is 24.3 Å². The number of thiophene rings is 1. The maximum Gasteiger partial charge on any atom is 0.191 e. The summed E-state index contributed by atoms with van der Waals surface area (Å²) >= 11 is 1.83. The second-order valence-corrected chi connectivity index (χ2v) is 7.53. The van der Waals surface area contributed by atoms with E-state index in [1.165, 1.54) is 20.9 Å². The van der Waals surface area contributed by atoms with Gasteiger partial charge in [-0.25, -0.2) is 0 Å². The molecule has 1 aromatic carbocycles. The van der Waals surface area contributed by atoms with E-state index in [0.29, 0.717) is 0 Å². The summed E-state index contributed by atoms with van der Waals surface area (Å²) in [4.78, 5) is 9.50. The fraction of sp³-hybridized carbons (Fsp3) is 0.421. The Morgan fingerprint density at radius 2 is 2.00 bits per heavy atom. The molecule has 1 aromatic heterocycles. The normalized spacial score (nSPS) is 15.2. The van der Waals surface area contributed by atoms with E-state index in [2.05, 4.69) is 63.8 Å². The average Bonchev–Trinajstić information content (AvgIpc) is 3.03. The molecule has 128 valence electrons. The average molecular weight is 343 g/mol. The summed E-state index contributed by atoms with van der Waals surface area (Å²) in [7, 11) is 1.83. The van der Waals surface area contributed by atoms with Crippen LogP contribution in [0.3, 0.4) is 0 Å². The quantitative estimate of drug-likeness (QED) is 0.648. The molecule has 2 N–H and O–H groups in total. The summed E-state index contributed by atoms with van der Waals surface area (Å²) in [5.74, 6) is 0.874. The van der Waals surface area contributed by atoms with Gasteiger partial charge >= 0.3 is 0 Å². The molecule has 0 saturated heterocycles. The fourth-order valence-electron chi connectivity index (χ4n) is 3.05. The van der Waals surface area contributed by atoms with Crippen molar-refractivity contribution in [2.45, 2.75) is 26.4 Å². The smallest absolute Gasteiger partial charge is 0.191 e. The Morgan fingerprint density at radius 3 is 2.75 bits per heavy atom. The van der Waals surface area contributed by atoms with Gasteiger partial charge < -0.3 is 10.6 Å². The van der Waals surface area contributed by atoms with Crippen molar-refractivity contribution in [2.24, 2.45) is 4.99 Å². The minimum absolute atomic E-state index is 0.829. The van der Waals surface area contributed by atoms with Gasteiger partial charge in [0.2, 0.25) is 0 Å². The van der Waals surface area contributed by atoms with Gasteiger partial charge in [0.25, 0.3) is 0 Å². The number of rotatable bonds is 5. The molecule has 2 heterocycles. The number of fused-ring (bicyclic) bond motifs is 1. The molecule has 5 heteroatoms. The highest BCUT2D eigenvalue weighted by Gasteiger charge is 2.15. The molecule has 0 fully saturated rings. The van der Waals surface area contributed by atoms with Crippen LogP contribution in [-0.2, 0) is 19.5 Å². The summed E-state index contributed by atoms with van der Waals surface area (Å²) in [6, 6.07) is 13.1. The number of benzene rings is 1. The first-order valence-corrected chi connectivity index (χ1v) is 9.35. The lowest BCUT2D eigenvalue weighted by molar-refractivity contribution is 0.258. The zero-order valence-electron chi connectivity index (χ0n) is 14.5. The number of nitrogens with one attached hydrogen (secondary N) is 2. The SMILES string of the molecule is CN=C(NCCN1CCc2ccccc2C1)NCc1ccc(C)s1. The van der Waals surface area contributed by atoms with Crippen molar-refractivity contribution in [3.63, 3.8) is 0 Å². The molecule has 24 heavy (non-hydrogen) atoms. The van der Waals surface area contributed by atoms with E-state index in [9.17, 15) is 0 Å². The minimum atomic E-state index is 0.829. The molecule has 0 spiro atoms. The topological polar surface area (TPSA) is 39.7 Å². The molecule has 1 aliphatic heterocycles.